The van der Waals surface area contributed by atoms with E-state index >= 15 is 0 Å². The summed E-state index contributed by atoms with van der Waals surface area (Å²) in [7, 11) is 1.87. The minimum atomic E-state index is 0.229. The highest BCUT2D eigenvalue weighted by Gasteiger charge is 2.10. The molecule has 4 nitrogen and oxygen atoms in total. The number of hydrogen-bond donors (Lipinski definition) is 2. The summed E-state index contributed by atoms with van der Waals surface area (Å²) < 4.78 is 5.57. The van der Waals surface area contributed by atoms with Crippen LogP contribution in [0.2, 0.25) is 0 Å². The van der Waals surface area contributed by atoms with E-state index in [2.05, 4.69) is 5.32 Å². The molecular formula is C16H18N2O2S. The first kappa shape index (κ1) is 15.1. The molecule has 21 heavy (non-hydrogen) atoms. The first-order valence-electron chi connectivity index (χ1n) is 6.67. The summed E-state index contributed by atoms with van der Waals surface area (Å²) in [5.74, 6) is 0.995. The van der Waals surface area contributed by atoms with Crippen LogP contribution < -0.4 is 15.0 Å². The summed E-state index contributed by atoms with van der Waals surface area (Å²) in [6, 6.07) is 14.5. The Bertz CT molecular complexity index is 614. The number of ether oxygens (including phenoxy) is 1. The van der Waals surface area contributed by atoms with Crippen LogP contribution in [0, 0.1) is 0 Å². The molecule has 2 rings (SSSR count). The van der Waals surface area contributed by atoms with E-state index in [-0.39, 0.29) is 5.75 Å². The van der Waals surface area contributed by atoms with Crippen molar-refractivity contribution in [1.82, 2.24) is 0 Å². The molecule has 0 spiro atoms. The Kier molecular flexibility index (Phi) is 5.00. The number of para-hydroxylation sites is 2. The number of phenolic OH excluding ortho intramolecular Hbond substituents is 1. The maximum Gasteiger partial charge on any atom is 0.177 e. The Hall–Kier alpha value is -2.27. The van der Waals surface area contributed by atoms with E-state index in [1.54, 1.807) is 24.3 Å². The van der Waals surface area contributed by atoms with Crippen LogP contribution in [0.5, 0.6) is 11.5 Å². The fraction of sp³-hybridized carbons (Fsp3) is 0.188. The molecule has 2 N–H and O–H groups in total. The van der Waals surface area contributed by atoms with Gasteiger partial charge in [-0.3, -0.25) is 0 Å². The predicted molar refractivity (Wildman–Crippen MR) is 90.3 cm³/mol. The van der Waals surface area contributed by atoms with Gasteiger partial charge in [-0.05, 0) is 55.5 Å². The van der Waals surface area contributed by atoms with E-state index in [1.165, 1.54) is 0 Å². The van der Waals surface area contributed by atoms with Crippen molar-refractivity contribution in [3.05, 3.63) is 48.5 Å². The lowest BCUT2D eigenvalue weighted by atomic mass is 10.3. The minimum Gasteiger partial charge on any atom is -0.508 e. The fourth-order valence-corrected chi connectivity index (χ4v) is 2.06. The van der Waals surface area contributed by atoms with Gasteiger partial charge in [0.1, 0.15) is 11.5 Å². The van der Waals surface area contributed by atoms with Gasteiger partial charge in [-0.1, -0.05) is 12.1 Å². The van der Waals surface area contributed by atoms with E-state index in [0.717, 1.165) is 17.1 Å². The van der Waals surface area contributed by atoms with E-state index in [4.69, 9.17) is 17.0 Å². The number of aromatic hydroxyl groups is 1. The molecule has 0 fully saturated rings. The van der Waals surface area contributed by atoms with Gasteiger partial charge < -0.3 is 20.1 Å². The molecule has 0 radical (unpaired) electrons. The lowest BCUT2D eigenvalue weighted by molar-refractivity contribution is 0.342. The molecule has 0 saturated carbocycles. The molecule has 0 amide bonds. The summed E-state index contributed by atoms with van der Waals surface area (Å²) >= 11 is 5.41. The molecule has 2 aromatic carbocycles. The van der Waals surface area contributed by atoms with Crippen LogP contribution in [0.1, 0.15) is 6.92 Å². The Labute approximate surface area is 130 Å². The lowest BCUT2D eigenvalue weighted by Crippen LogP contribution is -2.30. The SMILES string of the molecule is CCOc1ccccc1NC(=S)N(C)c1ccc(O)cc1. The van der Waals surface area contributed by atoms with Gasteiger partial charge in [0.2, 0.25) is 0 Å². The standard InChI is InChI=1S/C16H18N2O2S/c1-3-20-15-7-5-4-6-14(15)17-16(21)18(2)12-8-10-13(19)11-9-12/h4-11,19H,3H2,1-2H3,(H,17,21). The van der Waals surface area contributed by atoms with Crippen LogP contribution in [-0.4, -0.2) is 23.9 Å². The van der Waals surface area contributed by atoms with Gasteiger partial charge in [0.05, 0.1) is 12.3 Å². The smallest absolute Gasteiger partial charge is 0.177 e. The Morgan fingerprint density at radius 1 is 1.19 bits per heavy atom. The van der Waals surface area contributed by atoms with Crippen molar-refractivity contribution in [1.29, 1.82) is 0 Å². The lowest BCUT2D eigenvalue weighted by Gasteiger charge is -2.22. The molecule has 0 aliphatic rings. The highest BCUT2D eigenvalue weighted by molar-refractivity contribution is 7.80. The third-order valence-corrected chi connectivity index (χ3v) is 3.35. The van der Waals surface area contributed by atoms with Gasteiger partial charge in [-0.25, -0.2) is 0 Å². The van der Waals surface area contributed by atoms with Crippen LogP contribution in [-0.2, 0) is 0 Å². The molecule has 0 saturated heterocycles. The highest BCUT2D eigenvalue weighted by atomic mass is 32.1. The average molecular weight is 302 g/mol. The van der Waals surface area contributed by atoms with E-state index in [0.29, 0.717) is 11.7 Å². The van der Waals surface area contributed by atoms with Crippen LogP contribution in [0.15, 0.2) is 48.5 Å². The minimum absolute atomic E-state index is 0.229. The van der Waals surface area contributed by atoms with Gasteiger partial charge in [0, 0.05) is 12.7 Å². The first-order chi connectivity index (χ1) is 10.1. The Morgan fingerprint density at radius 2 is 1.86 bits per heavy atom. The Balaban J connectivity index is 2.12. The average Bonchev–Trinajstić information content (AvgIpc) is 2.49. The van der Waals surface area contributed by atoms with Crippen molar-refractivity contribution in [3.8, 4) is 11.5 Å². The summed E-state index contributed by atoms with van der Waals surface area (Å²) in [6.07, 6.45) is 0. The molecule has 0 aliphatic heterocycles. The molecular weight excluding hydrogens is 284 g/mol. The van der Waals surface area contributed by atoms with Crippen LogP contribution in [0.25, 0.3) is 0 Å². The monoisotopic (exact) mass is 302 g/mol. The number of anilines is 2. The van der Waals surface area contributed by atoms with Crippen LogP contribution in [0.3, 0.4) is 0 Å². The molecule has 0 aromatic heterocycles. The summed E-state index contributed by atoms with van der Waals surface area (Å²) in [6.45, 7) is 2.54. The maximum absolute atomic E-state index is 9.32. The molecule has 0 bridgehead atoms. The normalized spacial score (nSPS) is 10.0. The van der Waals surface area contributed by atoms with Crippen molar-refractivity contribution in [2.24, 2.45) is 0 Å². The Morgan fingerprint density at radius 3 is 2.52 bits per heavy atom. The second-order valence-electron chi connectivity index (χ2n) is 4.43. The summed E-state index contributed by atoms with van der Waals surface area (Å²) in [4.78, 5) is 1.83. The van der Waals surface area contributed by atoms with Crippen molar-refractivity contribution in [2.45, 2.75) is 6.92 Å². The zero-order valence-electron chi connectivity index (χ0n) is 12.0. The number of benzene rings is 2. The van der Waals surface area contributed by atoms with Gasteiger partial charge in [-0.15, -0.1) is 0 Å². The second kappa shape index (κ2) is 6.95. The van der Waals surface area contributed by atoms with Gasteiger partial charge in [0.15, 0.2) is 5.11 Å². The van der Waals surface area contributed by atoms with Crippen molar-refractivity contribution < 1.29 is 9.84 Å². The number of rotatable bonds is 4. The molecule has 0 aliphatic carbocycles. The third kappa shape index (κ3) is 3.86. The number of nitrogens with zero attached hydrogens (tertiary/aromatic N) is 1. The largest absolute Gasteiger partial charge is 0.508 e. The number of phenols is 1. The number of nitrogens with one attached hydrogen (secondary N) is 1. The maximum atomic E-state index is 9.32. The topological polar surface area (TPSA) is 44.7 Å². The van der Waals surface area contributed by atoms with E-state index < -0.39 is 0 Å². The van der Waals surface area contributed by atoms with Crippen molar-refractivity contribution in [3.63, 3.8) is 0 Å². The molecule has 2 aromatic rings. The van der Waals surface area contributed by atoms with Crippen LogP contribution in [0.4, 0.5) is 11.4 Å². The van der Waals surface area contributed by atoms with E-state index in [1.807, 2.05) is 43.1 Å². The van der Waals surface area contributed by atoms with Gasteiger partial charge in [0.25, 0.3) is 0 Å². The molecule has 0 heterocycles. The molecule has 0 unspecified atom stereocenters. The van der Waals surface area contributed by atoms with Crippen molar-refractivity contribution in [2.75, 3.05) is 23.9 Å². The molecule has 110 valence electrons. The zero-order valence-corrected chi connectivity index (χ0v) is 12.9. The third-order valence-electron chi connectivity index (χ3n) is 2.97. The summed E-state index contributed by atoms with van der Waals surface area (Å²) in [5.41, 5.74) is 1.72. The number of hydrogen-bond acceptors (Lipinski definition) is 3. The number of thiocarbonyl (C=S) groups is 1. The predicted octanol–water partition coefficient (Wildman–Crippen LogP) is 3.62. The fourth-order valence-electron chi connectivity index (χ4n) is 1.84. The van der Waals surface area contributed by atoms with Gasteiger partial charge >= 0.3 is 0 Å². The van der Waals surface area contributed by atoms with Crippen molar-refractivity contribution >= 4 is 28.7 Å². The molecule has 5 heteroatoms. The zero-order chi connectivity index (χ0) is 15.2. The van der Waals surface area contributed by atoms with Gasteiger partial charge in [-0.2, -0.15) is 0 Å². The van der Waals surface area contributed by atoms with E-state index in [9.17, 15) is 5.11 Å². The second-order valence-corrected chi connectivity index (χ2v) is 4.82. The quantitative estimate of drug-likeness (QED) is 0.845. The molecule has 0 atom stereocenters. The summed E-state index contributed by atoms with van der Waals surface area (Å²) in [5, 5.41) is 13.1. The first-order valence-corrected chi connectivity index (χ1v) is 7.08. The van der Waals surface area contributed by atoms with Crippen LogP contribution >= 0.6 is 12.2 Å². The highest BCUT2D eigenvalue weighted by Crippen LogP contribution is 2.25.